The van der Waals surface area contributed by atoms with Crippen LogP contribution < -0.4 is 5.32 Å². The molecule has 24 heavy (non-hydrogen) atoms. The molecule has 1 atom stereocenters. The van der Waals surface area contributed by atoms with Gasteiger partial charge in [0.25, 0.3) is 0 Å². The van der Waals surface area contributed by atoms with Gasteiger partial charge in [-0.2, -0.15) is 13.2 Å². The minimum atomic E-state index is -4.32. The van der Waals surface area contributed by atoms with Crippen molar-refractivity contribution in [1.82, 2.24) is 10.2 Å². The third-order valence-corrected chi connectivity index (χ3v) is 4.68. The van der Waals surface area contributed by atoms with Crippen molar-refractivity contribution in [3.63, 3.8) is 0 Å². The van der Waals surface area contributed by atoms with Crippen molar-refractivity contribution in [3.8, 4) is 0 Å². The summed E-state index contributed by atoms with van der Waals surface area (Å²) in [6.07, 6.45) is -4.32. The Kier molecular flexibility index (Phi) is 9.08. The standard InChI is InChI=1S/C16H22BrF3N2.2ClH/c1-15(2,3)14(22-8-6-21-7-9-22)12-10-11(16(18,19)20)4-5-13(12)17;;/h4-5,10,14,21H,6-9H2,1-3H3;2*1H/t14-;;/m1../s1. The van der Waals surface area contributed by atoms with Crippen LogP contribution in [0.3, 0.4) is 0 Å². The fraction of sp³-hybridized carbons (Fsp3) is 0.625. The summed E-state index contributed by atoms with van der Waals surface area (Å²) in [6.45, 7) is 9.63. The van der Waals surface area contributed by atoms with Gasteiger partial charge in [0, 0.05) is 36.7 Å². The van der Waals surface area contributed by atoms with Gasteiger partial charge in [-0.15, -0.1) is 24.8 Å². The normalized spacial score (nSPS) is 17.6. The molecule has 1 aromatic carbocycles. The number of rotatable bonds is 2. The van der Waals surface area contributed by atoms with E-state index in [2.05, 4.69) is 46.9 Å². The number of alkyl halides is 3. The molecule has 2 nitrogen and oxygen atoms in total. The highest BCUT2D eigenvalue weighted by Crippen LogP contribution is 2.43. The zero-order chi connectivity index (χ0) is 16.5. The highest BCUT2D eigenvalue weighted by molar-refractivity contribution is 9.10. The van der Waals surface area contributed by atoms with Crippen molar-refractivity contribution in [1.29, 1.82) is 0 Å². The number of hydrogen-bond donors (Lipinski definition) is 1. The Morgan fingerprint density at radius 2 is 1.62 bits per heavy atom. The van der Waals surface area contributed by atoms with Crippen LogP contribution in [0, 0.1) is 5.41 Å². The summed E-state index contributed by atoms with van der Waals surface area (Å²) in [5.41, 5.74) is -0.0383. The number of benzene rings is 1. The molecule has 1 aliphatic rings. The van der Waals surface area contributed by atoms with Gasteiger partial charge in [0.05, 0.1) is 5.56 Å². The lowest BCUT2D eigenvalue weighted by atomic mass is 9.80. The maximum absolute atomic E-state index is 13.1. The Bertz CT molecular complexity index is 527. The Hall–Kier alpha value is -0.0100. The summed E-state index contributed by atoms with van der Waals surface area (Å²) in [4.78, 5) is 2.27. The summed E-state index contributed by atoms with van der Waals surface area (Å²) < 4.78 is 39.9. The third kappa shape index (κ3) is 5.77. The number of hydrogen-bond acceptors (Lipinski definition) is 2. The van der Waals surface area contributed by atoms with Crippen molar-refractivity contribution < 1.29 is 13.2 Å². The van der Waals surface area contributed by atoms with Gasteiger partial charge in [-0.05, 0) is 29.2 Å². The average molecular weight is 452 g/mol. The first kappa shape index (κ1) is 24.0. The Balaban J connectivity index is 0.00000264. The summed E-state index contributed by atoms with van der Waals surface area (Å²) in [7, 11) is 0. The summed E-state index contributed by atoms with van der Waals surface area (Å²) in [5, 5.41) is 3.29. The highest BCUT2D eigenvalue weighted by Gasteiger charge is 2.36. The molecule has 1 N–H and O–H groups in total. The van der Waals surface area contributed by atoms with Crippen LogP contribution in [-0.2, 0) is 6.18 Å². The third-order valence-electron chi connectivity index (χ3n) is 3.95. The van der Waals surface area contributed by atoms with E-state index >= 15 is 0 Å². The van der Waals surface area contributed by atoms with Gasteiger partial charge in [0.2, 0.25) is 0 Å². The maximum atomic E-state index is 13.1. The molecule has 0 bridgehead atoms. The van der Waals surface area contributed by atoms with Crippen LogP contribution in [0.1, 0.15) is 37.9 Å². The second kappa shape index (κ2) is 9.08. The van der Waals surface area contributed by atoms with Gasteiger partial charge in [-0.3, -0.25) is 4.90 Å². The van der Waals surface area contributed by atoms with Gasteiger partial charge >= 0.3 is 6.18 Å². The fourth-order valence-electron chi connectivity index (χ4n) is 3.08. The quantitative estimate of drug-likeness (QED) is 0.655. The minimum absolute atomic E-state index is 0. The molecule has 1 heterocycles. The number of nitrogens with one attached hydrogen (secondary N) is 1. The molecule has 1 fully saturated rings. The van der Waals surface area contributed by atoms with E-state index in [1.807, 2.05) is 0 Å². The average Bonchev–Trinajstić information content (AvgIpc) is 2.39. The lowest BCUT2D eigenvalue weighted by Gasteiger charge is -2.43. The topological polar surface area (TPSA) is 15.3 Å². The molecule has 1 saturated heterocycles. The van der Waals surface area contributed by atoms with E-state index in [1.54, 1.807) is 0 Å². The van der Waals surface area contributed by atoms with Crippen molar-refractivity contribution in [2.45, 2.75) is 33.0 Å². The van der Waals surface area contributed by atoms with Crippen molar-refractivity contribution in [2.75, 3.05) is 26.2 Å². The van der Waals surface area contributed by atoms with E-state index < -0.39 is 11.7 Å². The van der Waals surface area contributed by atoms with Crippen molar-refractivity contribution in [3.05, 3.63) is 33.8 Å². The molecular formula is C16H24BrCl2F3N2. The van der Waals surface area contributed by atoms with Crippen LogP contribution in [-0.4, -0.2) is 31.1 Å². The van der Waals surface area contributed by atoms with Gasteiger partial charge in [-0.1, -0.05) is 36.7 Å². The van der Waals surface area contributed by atoms with Gasteiger partial charge < -0.3 is 5.32 Å². The predicted octanol–water partition coefficient (Wildman–Crippen LogP) is 5.30. The largest absolute Gasteiger partial charge is 0.416 e. The lowest BCUT2D eigenvalue weighted by molar-refractivity contribution is -0.137. The summed E-state index contributed by atoms with van der Waals surface area (Å²) >= 11 is 3.45. The van der Waals surface area contributed by atoms with E-state index in [0.29, 0.717) is 5.56 Å². The van der Waals surface area contributed by atoms with Crippen LogP contribution in [0.4, 0.5) is 13.2 Å². The zero-order valence-electron chi connectivity index (χ0n) is 13.9. The van der Waals surface area contributed by atoms with Crippen LogP contribution >= 0.6 is 40.7 Å². The Morgan fingerprint density at radius 3 is 2.08 bits per heavy atom. The first-order valence-corrected chi connectivity index (χ1v) is 8.21. The molecule has 1 aromatic rings. The first-order chi connectivity index (χ1) is 10.1. The fourth-order valence-corrected chi connectivity index (χ4v) is 3.54. The summed E-state index contributed by atoms with van der Waals surface area (Å²) in [5.74, 6) is 0. The number of nitrogens with zero attached hydrogens (tertiary/aromatic N) is 1. The van der Waals surface area contributed by atoms with Crippen LogP contribution in [0.5, 0.6) is 0 Å². The molecule has 140 valence electrons. The molecule has 0 amide bonds. The number of halogens is 6. The van der Waals surface area contributed by atoms with E-state index in [9.17, 15) is 13.2 Å². The molecule has 8 heteroatoms. The predicted molar refractivity (Wildman–Crippen MR) is 100 cm³/mol. The molecule has 0 spiro atoms. The van der Waals surface area contributed by atoms with E-state index in [4.69, 9.17) is 0 Å². The lowest BCUT2D eigenvalue weighted by Crippen LogP contribution is -2.48. The smallest absolute Gasteiger partial charge is 0.314 e. The Morgan fingerprint density at radius 1 is 1.08 bits per heavy atom. The monoisotopic (exact) mass is 450 g/mol. The number of piperazine rings is 1. The summed E-state index contributed by atoms with van der Waals surface area (Å²) in [6, 6.07) is 3.87. The van der Waals surface area contributed by atoms with E-state index in [1.165, 1.54) is 12.1 Å². The molecule has 0 unspecified atom stereocenters. The Labute approximate surface area is 162 Å². The van der Waals surface area contributed by atoms with Crippen molar-refractivity contribution in [2.24, 2.45) is 5.41 Å². The van der Waals surface area contributed by atoms with Crippen LogP contribution in [0.15, 0.2) is 22.7 Å². The van der Waals surface area contributed by atoms with Crippen LogP contribution in [0.2, 0.25) is 0 Å². The van der Waals surface area contributed by atoms with Gasteiger partial charge in [0.1, 0.15) is 0 Å². The van der Waals surface area contributed by atoms with Crippen LogP contribution in [0.25, 0.3) is 0 Å². The molecule has 0 aromatic heterocycles. The molecule has 0 radical (unpaired) electrons. The molecule has 1 aliphatic heterocycles. The molecule has 0 aliphatic carbocycles. The SMILES string of the molecule is CC(C)(C)[C@@H](c1cc(C(F)(F)F)ccc1Br)N1CCNCC1.Cl.Cl. The van der Waals surface area contributed by atoms with E-state index in [0.717, 1.165) is 36.7 Å². The first-order valence-electron chi connectivity index (χ1n) is 7.42. The maximum Gasteiger partial charge on any atom is 0.416 e. The molecule has 2 rings (SSSR count). The van der Waals surface area contributed by atoms with E-state index in [-0.39, 0.29) is 36.3 Å². The second-order valence-corrected chi connectivity index (χ2v) is 7.64. The van der Waals surface area contributed by atoms with Gasteiger partial charge in [-0.25, -0.2) is 0 Å². The van der Waals surface area contributed by atoms with Gasteiger partial charge in [0.15, 0.2) is 0 Å². The second-order valence-electron chi connectivity index (χ2n) is 6.79. The van der Waals surface area contributed by atoms with Crippen molar-refractivity contribution >= 4 is 40.7 Å². The zero-order valence-corrected chi connectivity index (χ0v) is 17.1. The highest BCUT2D eigenvalue weighted by atomic mass is 79.9. The minimum Gasteiger partial charge on any atom is -0.314 e. The molecule has 0 saturated carbocycles. The molecular weight excluding hydrogens is 428 g/mol.